The Hall–Kier alpha value is -3.32. The van der Waals surface area contributed by atoms with Gasteiger partial charge in [0.1, 0.15) is 0 Å². The van der Waals surface area contributed by atoms with Crippen molar-refractivity contribution in [3.63, 3.8) is 0 Å². The van der Waals surface area contributed by atoms with Crippen molar-refractivity contribution >= 4 is 11.4 Å². The van der Waals surface area contributed by atoms with Crippen LogP contribution in [0.25, 0.3) is 0 Å². The zero-order valence-corrected chi connectivity index (χ0v) is 18.8. The Morgan fingerprint density at radius 2 is 1.13 bits per heavy atom. The topological polar surface area (TPSA) is 105 Å². The second-order valence-corrected chi connectivity index (χ2v) is 14.1. The Morgan fingerprint density at radius 3 is 1.48 bits per heavy atom. The normalized spacial score (nSPS) is 14.8. The minimum atomic E-state index is -4.59. The Morgan fingerprint density at radius 1 is 0.710 bits per heavy atom. The van der Waals surface area contributed by atoms with Crippen LogP contribution in [0.5, 0.6) is 11.5 Å². The van der Waals surface area contributed by atoms with E-state index in [1.807, 2.05) is 36.5 Å². The zero-order valence-electron chi connectivity index (χ0n) is 16.3. The third kappa shape index (κ3) is 4.14. The number of rotatable bonds is 8. The van der Waals surface area contributed by atoms with Crippen molar-refractivity contribution in [2.75, 3.05) is 0 Å². The second-order valence-electron chi connectivity index (χ2n) is 6.92. The van der Waals surface area contributed by atoms with Crippen LogP contribution in [0.3, 0.4) is 0 Å². The van der Waals surface area contributed by atoms with Crippen molar-refractivity contribution < 1.29 is 36.6 Å². The van der Waals surface area contributed by atoms with Crippen molar-refractivity contribution in [3.8, 4) is 11.5 Å². The molecule has 2 aromatic carbocycles. The molecule has 0 spiro atoms. The van der Waals surface area contributed by atoms with Gasteiger partial charge < -0.3 is 0 Å². The average Bonchev–Trinajstić information content (AvgIpc) is 3.48. The Labute approximate surface area is 183 Å². The molecule has 0 aromatic heterocycles. The van der Waals surface area contributed by atoms with Gasteiger partial charge in [-0.1, -0.05) is 0 Å². The van der Waals surface area contributed by atoms with Gasteiger partial charge in [-0.05, 0) is 0 Å². The number of allylic oxidation sites excluding steroid dienone is 8. The van der Waals surface area contributed by atoms with Crippen LogP contribution in [-0.4, -0.2) is 9.85 Å². The summed E-state index contributed by atoms with van der Waals surface area (Å²) in [4.78, 5) is 22.2. The van der Waals surface area contributed by atoms with Crippen LogP contribution < -0.4 is 5.63 Å². The van der Waals surface area contributed by atoms with E-state index >= 15 is 0 Å². The number of benzene rings is 2. The van der Waals surface area contributed by atoms with E-state index in [1.165, 1.54) is 12.1 Å². The van der Waals surface area contributed by atoms with E-state index in [2.05, 4.69) is 0 Å². The number of nitro groups is 2. The van der Waals surface area contributed by atoms with Crippen molar-refractivity contribution in [1.29, 1.82) is 0 Å². The van der Waals surface area contributed by atoms with Crippen LogP contribution in [0.1, 0.15) is 12.8 Å². The van der Waals surface area contributed by atoms with Crippen molar-refractivity contribution in [1.82, 2.24) is 0 Å². The van der Waals surface area contributed by atoms with Gasteiger partial charge in [0.2, 0.25) is 0 Å². The van der Waals surface area contributed by atoms with Crippen LogP contribution in [0.4, 0.5) is 11.4 Å². The fraction of sp³-hybridized carbons (Fsp3) is 0.0909. The zero-order chi connectivity index (χ0) is 21.8. The second kappa shape index (κ2) is 8.82. The van der Waals surface area contributed by atoms with Crippen molar-refractivity contribution in [2.45, 2.75) is 12.8 Å². The first kappa shape index (κ1) is 20.9. The van der Waals surface area contributed by atoms with Crippen LogP contribution >= 0.6 is 0 Å². The molecule has 0 N–H and O–H groups in total. The molecule has 0 amide bonds. The SMILES string of the molecule is O=[N+]([O-])c1ccccc1[O][Zr]([O]c1ccccc1[N+](=O)[O-])([C]1=CC=CC1)[C]1=CC=CC1. The summed E-state index contributed by atoms with van der Waals surface area (Å²) in [5.41, 5.74) is -0.347. The fourth-order valence-corrected chi connectivity index (χ4v) is 11.8. The predicted molar refractivity (Wildman–Crippen MR) is 111 cm³/mol. The van der Waals surface area contributed by atoms with E-state index < -0.39 is 31.0 Å². The molecule has 0 atom stereocenters. The maximum atomic E-state index is 11.6. The van der Waals surface area contributed by atoms with E-state index in [0.29, 0.717) is 12.8 Å². The van der Waals surface area contributed by atoms with Crippen LogP contribution in [0, 0.1) is 20.2 Å². The third-order valence-electron chi connectivity index (χ3n) is 5.02. The first-order valence-corrected chi connectivity index (χ1v) is 14.0. The first-order valence-electron chi connectivity index (χ1n) is 9.58. The van der Waals surface area contributed by atoms with Gasteiger partial charge >= 0.3 is 184 Å². The molecular formula is C22H18N2O6Zr. The third-order valence-corrected chi connectivity index (χ3v) is 13.5. The number of para-hydroxylation sites is 4. The van der Waals surface area contributed by atoms with Crippen LogP contribution in [-0.2, 0) is 21.1 Å². The first-order chi connectivity index (χ1) is 15.0. The molecule has 8 nitrogen and oxygen atoms in total. The molecule has 0 fully saturated rings. The molecule has 0 heterocycles. The summed E-state index contributed by atoms with van der Waals surface area (Å²) in [6.45, 7) is 0. The summed E-state index contributed by atoms with van der Waals surface area (Å²) in [5.74, 6) is 0.199. The molecule has 0 aliphatic heterocycles. The number of hydrogen-bond donors (Lipinski definition) is 0. The van der Waals surface area contributed by atoms with Gasteiger partial charge in [0.15, 0.2) is 0 Å². The molecule has 9 heteroatoms. The van der Waals surface area contributed by atoms with Gasteiger partial charge in [-0.3, -0.25) is 0 Å². The van der Waals surface area contributed by atoms with Gasteiger partial charge in [0.05, 0.1) is 0 Å². The number of nitrogens with zero attached hydrogens (tertiary/aromatic N) is 2. The van der Waals surface area contributed by atoms with Crippen molar-refractivity contribution in [2.24, 2.45) is 0 Å². The molecule has 156 valence electrons. The van der Waals surface area contributed by atoms with Gasteiger partial charge in [-0.2, -0.15) is 0 Å². The summed E-state index contributed by atoms with van der Waals surface area (Å²) in [5, 5.41) is 23.2. The minimum absolute atomic E-state index is 0.0995. The Kier molecular flexibility index (Phi) is 5.95. The molecular weight excluding hydrogens is 479 g/mol. The summed E-state index contributed by atoms with van der Waals surface area (Å²) in [7, 11) is 0. The van der Waals surface area contributed by atoms with Crippen LogP contribution in [0.2, 0.25) is 0 Å². The van der Waals surface area contributed by atoms with E-state index in [4.69, 9.17) is 5.63 Å². The van der Waals surface area contributed by atoms with E-state index in [9.17, 15) is 20.2 Å². The van der Waals surface area contributed by atoms with Gasteiger partial charge in [0.25, 0.3) is 0 Å². The number of nitro benzene ring substituents is 2. The molecule has 2 aliphatic rings. The summed E-state index contributed by atoms with van der Waals surface area (Å²) in [6, 6.07) is 12.3. The standard InChI is InChI=1S/2C6H5NO3.2C5H5.Zr/c2*8-6-4-2-1-3-5(6)7(9)10;2*1-2-4-5-3-1;/h2*1-4,8H;2*1-3H,4H2;/q;;;;+2/p-2. The fourth-order valence-electron chi connectivity index (χ4n) is 3.57. The van der Waals surface area contributed by atoms with Gasteiger partial charge in [-0.25, -0.2) is 0 Å². The Balaban J connectivity index is 1.88. The molecule has 0 radical (unpaired) electrons. The quantitative estimate of drug-likeness (QED) is 0.346. The van der Waals surface area contributed by atoms with E-state index in [-0.39, 0.29) is 22.9 Å². The Bertz CT molecular complexity index is 1080. The predicted octanol–water partition coefficient (Wildman–Crippen LogP) is 5.63. The van der Waals surface area contributed by atoms with Crippen molar-refractivity contribution in [3.05, 3.63) is 112 Å². The number of hydrogen-bond acceptors (Lipinski definition) is 6. The van der Waals surface area contributed by atoms with E-state index in [1.54, 1.807) is 36.4 Å². The summed E-state index contributed by atoms with van der Waals surface area (Å²) in [6.07, 6.45) is 12.6. The average molecular weight is 498 g/mol. The summed E-state index contributed by atoms with van der Waals surface area (Å²) < 4.78 is 14.8. The summed E-state index contributed by atoms with van der Waals surface area (Å²) >= 11 is -4.59. The molecule has 0 unspecified atom stereocenters. The molecule has 0 saturated heterocycles. The molecule has 31 heavy (non-hydrogen) atoms. The van der Waals surface area contributed by atoms with Gasteiger partial charge in [0, 0.05) is 0 Å². The molecule has 4 rings (SSSR count). The molecule has 2 aromatic rings. The van der Waals surface area contributed by atoms with E-state index in [0.717, 1.165) is 6.56 Å². The monoisotopic (exact) mass is 496 g/mol. The molecule has 2 aliphatic carbocycles. The maximum absolute atomic E-state index is 11.6. The molecule has 0 bridgehead atoms. The van der Waals surface area contributed by atoms with Gasteiger partial charge in [-0.15, -0.1) is 0 Å². The molecule has 0 saturated carbocycles. The van der Waals surface area contributed by atoms with Crippen LogP contribution in [0.15, 0.2) is 91.5 Å².